The Balaban J connectivity index is 2.26. The first-order chi connectivity index (χ1) is 14.1. The molecule has 0 saturated heterocycles. The number of benzene rings is 2. The van der Waals surface area contributed by atoms with Crippen LogP contribution >= 0.6 is 11.6 Å². The molecule has 164 valence electrons. The summed E-state index contributed by atoms with van der Waals surface area (Å²) in [4.78, 5) is 12.7. The van der Waals surface area contributed by atoms with Gasteiger partial charge in [0, 0.05) is 18.7 Å². The van der Waals surface area contributed by atoms with E-state index in [1.807, 2.05) is 45.0 Å². The van der Waals surface area contributed by atoms with Crippen molar-refractivity contribution in [3.8, 4) is 5.75 Å². The van der Waals surface area contributed by atoms with E-state index < -0.39 is 10.0 Å². The van der Waals surface area contributed by atoms with Gasteiger partial charge < -0.3 is 10.1 Å². The summed E-state index contributed by atoms with van der Waals surface area (Å²) in [6.45, 7) is 9.89. The fourth-order valence-corrected chi connectivity index (χ4v) is 5.00. The number of ether oxygens (including phenoxy) is 1. The zero-order valence-corrected chi connectivity index (χ0v) is 19.5. The Hall–Kier alpha value is -2.09. The molecule has 0 radical (unpaired) electrons. The molecule has 0 bridgehead atoms. The SMILES string of the molecule is CCN(CC)S(=O)(=O)c1cc(C(=O)NC(C)c2cccc(OC(C)C)c2)ccc1Cl. The molecule has 0 spiro atoms. The molecule has 1 N–H and O–H groups in total. The van der Waals surface area contributed by atoms with Crippen molar-refractivity contribution in [2.75, 3.05) is 13.1 Å². The Morgan fingerprint density at radius 1 is 1.10 bits per heavy atom. The predicted octanol–water partition coefficient (Wildman–Crippen LogP) is 4.65. The number of carbonyl (C=O) groups is 1. The van der Waals surface area contributed by atoms with Gasteiger partial charge in [-0.25, -0.2) is 8.42 Å². The fraction of sp³-hybridized carbons (Fsp3) is 0.409. The van der Waals surface area contributed by atoms with Crippen LogP contribution in [0.4, 0.5) is 0 Å². The molecule has 1 unspecified atom stereocenters. The van der Waals surface area contributed by atoms with Gasteiger partial charge in [0.25, 0.3) is 5.91 Å². The van der Waals surface area contributed by atoms with Crippen LogP contribution in [-0.2, 0) is 10.0 Å². The summed E-state index contributed by atoms with van der Waals surface area (Å²) in [5.41, 5.74) is 1.11. The number of hydrogen-bond acceptors (Lipinski definition) is 4. The first-order valence-electron chi connectivity index (χ1n) is 9.97. The second kappa shape index (κ2) is 10.3. The number of hydrogen-bond donors (Lipinski definition) is 1. The Morgan fingerprint density at radius 3 is 2.37 bits per heavy atom. The molecule has 0 fully saturated rings. The van der Waals surface area contributed by atoms with Crippen LogP contribution in [0.1, 0.15) is 56.6 Å². The first kappa shape index (κ1) is 24.2. The van der Waals surface area contributed by atoms with Gasteiger partial charge in [-0.1, -0.05) is 37.6 Å². The smallest absolute Gasteiger partial charge is 0.251 e. The molecule has 0 aliphatic rings. The molecule has 0 heterocycles. The summed E-state index contributed by atoms with van der Waals surface area (Å²) < 4.78 is 32.7. The van der Waals surface area contributed by atoms with Crippen molar-refractivity contribution in [3.05, 3.63) is 58.6 Å². The van der Waals surface area contributed by atoms with Crippen molar-refractivity contribution in [1.82, 2.24) is 9.62 Å². The van der Waals surface area contributed by atoms with Crippen LogP contribution in [0.15, 0.2) is 47.4 Å². The van der Waals surface area contributed by atoms with Crippen molar-refractivity contribution in [2.24, 2.45) is 0 Å². The van der Waals surface area contributed by atoms with Crippen molar-refractivity contribution < 1.29 is 17.9 Å². The number of nitrogens with zero attached hydrogens (tertiary/aromatic N) is 1. The zero-order valence-electron chi connectivity index (χ0n) is 18.0. The molecule has 2 rings (SSSR count). The lowest BCUT2D eigenvalue weighted by atomic mass is 10.1. The molecule has 1 atom stereocenters. The summed E-state index contributed by atoms with van der Waals surface area (Å²) in [5.74, 6) is 0.341. The Morgan fingerprint density at radius 2 is 1.77 bits per heavy atom. The number of amides is 1. The van der Waals surface area contributed by atoms with E-state index in [2.05, 4.69) is 5.32 Å². The predicted molar refractivity (Wildman–Crippen MR) is 120 cm³/mol. The second-order valence-corrected chi connectivity index (χ2v) is 9.48. The topological polar surface area (TPSA) is 75.7 Å². The summed E-state index contributed by atoms with van der Waals surface area (Å²) in [5, 5.41) is 2.99. The number of nitrogens with one attached hydrogen (secondary N) is 1. The van der Waals surface area contributed by atoms with Crippen LogP contribution in [0, 0.1) is 0 Å². The normalized spacial score (nSPS) is 12.8. The molecule has 8 heteroatoms. The highest BCUT2D eigenvalue weighted by Crippen LogP contribution is 2.26. The van der Waals surface area contributed by atoms with Crippen LogP contribution in [0.5, 0.6) is 5.75 Å². The average molecular weight is 453 g/mol. The van der Waals surface area contributed by atoms with Crippen molar-refractivity contribution in [2.45, 2.75) is 51.7 Å². The number of carbonyl (C=O) groups excluding carboxylic acids is 1. The fourth-order valence-electron chi connectivity index (χ4n) is 3.04. The molecular formula is C22H29ClN2O4S. The van der Waals surface area contributed by atoms with E-state index in [1.165, 1.54) is 22.5 Å². The van der Waals surface area contributed by atoms with Gasteiger partial charge in [-0.05, 0) is 56.7 Å². The van der Waals surface area contributed by atoms with Gasteiger partial charge in [-0.3, -0.25) is 4.79 Å². The van der Waals surface area contributed by atoms with E-state index in [-0.39, 0.29) is 33.5 Å². The van der Waals surface area contributed by atoms with Gasteiger partial charge in [-0.2, -0.15) is 4.31 Å². The molecule has 0 aliphatic carbocycles. The highest BCUT2D eigenvalue weighted by Gasteiger charge is 2.26. The van der Waals surface area contributed by atoms with E-state index in [4.69, 9.17) is 16.3 Å². The van der Waals surface area contributed by atoms with Crippen LogP contribution in [0.2, 0.25) is 5.02 Å². The lowest BCUT2D eigenvalue weighted by Crippen LogP contribution is -2.31. The lowest BCUT2D eigenvalue weighted by Gasteiger charge is -2.20. The van der Waals surface area contributed by atoms with Gasteiger partial charge in [0.05, 0.1) is 17.2 Å². The Labute approximate surface area is 184 Å². The minimum Gasteiger partial charge on any atom is -0.491 e. The standard InChI is InChI=1S/C22H29ClN2O4S/c1-6-25(7-2)30(27,28)21-14-18(11-12-20(21)23)22(26)24-16(5)17-9-8-10-19(13-17)29-15(3)4/h8-16H,6-7H2,1-5H3,(H,24,26). The van der Waals surface area contributed by atoms with Gasteiger partial charge in [0.2, 0.25) is 10.0 Å². The molecule has 0 saturated carbocycles. The third-order valence-electron chi connectivity index (χ3n) is 4.59. The molecule has 6 nitrogen and oxygen atoms in total. The van der Waals surface area contributed by atoms with Crippen molar-refractivity contribution in [1.29, 1.82) is 0 Å². The minimum atomic E-state index is -3.78. The Kier molecular flexibility index (Phi) is 8.29. The summed E-state index contributed by atoms with van der Waals surface area (Å²) in [6, 6.07) is 11.5. The van der Waals surface area contributed by atoms with E-state index in [1.54, 1.807) is 13.8 Å². The lowest BCUT2D eigenvalue weighted by molar-refractivity contribution is 0.0939. The van der Waals surface area contributed by atoms with Crippen LogP contribution < -0.4 is 10.1 Å². The highest BCUT2D eigenvalue weighted by atomic mass is 35.5. The third-order valence-corrected chi connectivity index (χ3v) is 7.13. The first-order valence-corrected chi connectivity index (χ1v) is 11.8. The molecule has 2 aromatic carbocycles. The zero-order chi connectivity index (χ0) is 22.5. The summed E-state index contributed by atoms with van der Waals surface area (Å²) >= 11 is 6.15. The van der Waals surface area contributed by atoms with Gasteiger partial charge in [0.1, 0.15) is 10.6 Å². The molecule has 0 aliphatic heterocycles. The minimum absolute atomic E-state index is 0.0467. The number of sulfonamides is 1. The van der Waals surface area contributed by atoms with Crippen LogP contribution in [0.3, 0.4) is 0 Å². The maximum Gasteiger partial charge on any atom is 0.251 e. The average Bonchev–Trinajstić information content (AvgIpc) is 2.68. The van der Waals surface area contributed by atoms with E-state index in [9.17, 15) is 13.2 Å². The summed E-state index contributed by atoms with van der Waals surface area (Å²) in [6.07, 6.45) is 0.0467. The third kappa shape index (κ3) is 5.74. The van der Waals surface area contributed by atoms with E-state index >= 15 is 0 Å². The number of rotatable bonds is 9. The molecular weight excluding hydrogens is 424 g/mol. The van der Waals surface area contributed by atoms with Gasteiger partial charge in [-0.15, -0.1) is 0 Å². The van der Waals surface area contributed by atoms with E-state index in [0.29, 0.717) is 13.1 Å². The largest absolute Gasteiger partial charge is 0.491 e. The highest BCUT2D eigenvalue weighted by molar-refractivity contribution is 7.89. The maximum absolute atomic E-state index is 12.9. The van der Waals surface area contributed by atoms with Gasteiger partial charge >= 0.3 is 0 Å². The molecule has 2 aromatic rings. The van der Waals surface area contributed by atoms with E-state index in [0.717, 1.165) is 11.3 Å². The molecule has 0 aromatic heterocycles. The maximum atomic E-state index is 12.9. The molecule has 30 heavy (non-hydrogen) atoms. The monoisotopic (exact) mass is 452 g/mol. The Bertz CT molecular complexity index is 988. The number of halogens is 1. The summed E-state index contributed by atoms with van der Waals surface area (Å²) in [7, 11) is -3.78. The molecule has 1 amide bonds. The van der Waals surface area contributed by atoms with Crippen molar-refractivity contribution >= 4 is 27.5 Å². The van der Waals surface area contributed by atoms with Gasteiger partial charge in [0.15, 0.2) is 0 Å². The van der Waals surface area contributed by atoms with Crippen LogP contribution in [0.25, 0.3) is 0 Å². The van der Waals surface area contributed by atoms with Crippen molar-refractivity contribution in [3.63, 3.8) is 0 Å². The van der Waals surface area contributed by atoms with Crippen LogP contribution in [-0.4, -0.2) is 37.8 Å². The quantitative estimate of drug-likeness (QED) is 0.600. The second-order valence-electron chi connectivity index (χ2n) is 7.17.